The van der Waals surface area contributed by atoms with Crippen molar-refractivity contribution in [2.45, 2.75) is 26.3 Å². The number of carbonyl (C=O) groups is 1. The average Bonchev–Trinajstić information content (AvgIpc) is 2.68. The molecule has 132 valence electrons. The van der Waals surface area contributed by atoms with Gasteiger partial charge in [0, 0.05) is 50.8 Å². The molecule has 1 unspecified atom stereocenters. The molecule has 1 aliphatic rings. The smallest absolute Gasteiger partial charge is 0.255 e. The Balaban J connectivity index is 1.62. The second-order valence-corrected chi connectivity index (χ2v) is 6.38. The fraction of sp³-hybridized carbons (Fsp3) is 0.421. The number of hydrogen-bond donors (Lipinski definition) is 1. The van der Waals surface area contributed by atoms with E-state index in [4.69, 9.17) is 0 Å². The summed E-state index contributed by atoms with van der Waals surface area (Å²) in [6, 6.07) is 8.16. The van der Waals surface area contributed by atoms with Gasteiger partial charge in [-0.25, -0.2) is 4.98 Å². The maximum Gasteiger partial charge on any atom is 0.255 e. The fourth-order valence-electron chi connectivity index (χ4n) is 2.88. The highest BCUT2D eigenvalue weighted by Gasteiger charge is 2.23. The molecule has 0 saturated carbocycles. The number of carbonyl (C=O) groups excluding carboxylic acids is 1. The standard InChI is InChI=1S/C19H25N5O/c1-3-15(2)22-17-12-16(13-20-14-17)19(25)24-10-8-23(9-11-24)18-6-4-5-7-21-18/h4-7,12-15,22H,3,8-11H2,1-2H3. The maximum absolute atomic E-state index is 12.8. The molecule has 0 aliphatic carbocycles. The van der Waals surface area contributed by atoms with Gasteiger partial charge in [-0.3, -0.25) is 9.78 Å². The maximum atomic E-state index is 12.8. The number of anilines is 2. The van der Waals surface area contributed by atoms with Gasteiger partial charge in [0.2, 0.25) is 0 Å². The molecule has 1 fully saturated rings. The Kier molecular flexibility index (Phi) is 5.48. The first-order chi connectivity index (χ1) is 12.2. The van der Waals surface area contributed by atoms with Crippen LogP contribution in [0.3, 0.4) is 0 Å². The lowest BCUT2D eigenvalue weighted by Gasteiger charge is -2.35. The van der Waals surface area contributed by atoms with Crippen LogP contribution >= 0.6 is 0 Å². The summed E-state index contributed by atoms with van der Waals surface area (Å²) in [4.78, 5) is 25.5. The van der Waals surface area contributed by atoms with Crippen LogP contribution in [0.25, 0.3) is 0 Å². The highest BCUT2D eigenvalue weighted by molar-refractivity contribution is 5.95. The molecule has 2 aromatic heterocycles. The van der Waals surface area contributed by atoms with Crippen molar-refractivity contribution >= 4 is 17.4 Å². The summed E-state index contributed by atoms with van der Waals surface area (Å²) in [5.41, 5.74) is 1.53. The third-order valence-corrected chi connectivity index (χ3v) is 4.55. The molecule has 6 nitrogen and oxygen atoms in total. The van der Waals surface area contributed by atoms with E-state index in [0.29, 0.717) is 24.7 Å². The molecule has 1 atom stereocenters. The highest BCUT2D eigenvalue weighted by Crippen LogP contribution is 2.16. The molecule has 2 aromatic rings. The Bertz CT molecular complexity index is 698. The van der Waals surface area contributed by atoms with Gasteiger partial charge in [-0.1, -0.05) is 13.0 Å². The minimum absolute atomic E-state index is 0.0426. The molecule has 1 amide bonds. The van der Waals surface area contributed by atoms with Gasteiger partial charge >= 0.3 is 0 Å². The SMILES string of the molecule is CCC(C)Nc1cncc(C(=O)N2CCN(c3ccccn3)CC2)c1. The molecule has 3 rings (SSSR count). The van der Waals surface area contributed by atoms with E-state index in [1.54, 1.807) is 18.6 Å². The largest absolute Gasteiger partial charge is 0.381 e. The zero-order valence-corrected chi connectivity index (χ0v) is 14.9. The van der Waals surface area contributed by atoms with Crippen LogP contribution in [0.1, 0.15) is 30.6 Å². The lowest BCUT2D eigenvalue weighted by atomic mass is 10.2. The van der Waals surface area contributed by atoms with E-state index in [0.717, 1.165) is 31.0 Å². The normalized spacial score (nSPS) is 15.8. The minimum Gasteiger partial charge on any atom is -0.381 e. The average molecular weight is 339 g/mol. The van der Waals surface area contributed by atoms with Crippen LogP contribution in [0.15, 0.2) is 42.9 Å². The molecule has 1 N–H and O–H groups in total. The van der Waals surface area contributed by atoms with Gasteiger partial charge in [0.05, 0.1) is 11.3 Å². The van der Waals surface area contributed by atoms with Crippen molar-refractivity contribution in [2.75, 3.05) is 36.4 Å². The number of hydrogen-bond acceptors (Lipinski definition) is 5. The van der Waals surface area contributed by atoms with Gasteiger partial charge < -0.3 is 15.1 Å². The Morgan fingerprint density at radius 1 is 1.24 bits per heavy atom. The van der Waals surface area contributed by atoms with Crippen molar-refractivity contribution in [3.8, 4) is 0 Å². The van der Waals surface area contributed by atoms with Crippen molar-refractivity contribution in [3.05, 3.63) is 48.4 Å². The predicted octanol–water partition coefficient (Wildman–Crippen LogP) is 2.65. The van der Waals surface area contributed by atoms with Gasteiger partial charge in [0.25, 0.3) is 5.91 Å². The second kappa shape index (κ2) is 7.96. The van der Waals surface area contributed by atoms with Gasteiger partial charge in [-0.05, 0) is 31.5 Å². The molecular weight excluding hydrogens is 314 g/mol. The first-order valence-corrected chi connectivity index (χ1v) is 8.84. The summed E-state index contributed by atoms with van der Waals surface area (Å²) in [7, 11) is 0. The van der Waals surface area contributed by atoms with Crippen LogP contribution in [0, 0.1) is 0 Å². The van der Waals surface area contributed by atoms with Gasteiger partial charge in [0.15, 0.2) is 0 Å². The summed E-state index contributed by atoms with van der Waals surface area (Å²) < 4.78 is 0. The Morgan fingerprint density at radius 2 is 2.04 bits per heavy atom. The topological polar surface area (TPSA) is 61.4 Å². The lowest BCUT2D eigenvalue weighted by molar-refractivity contribution is 0.0746. The number of rotatable bonds is 5. The first kappa shape index (κ1) is 17.2. The second-order valence-electron chi connectivity index (χ2n) is 6.38. The predicted molar refractivity (Wildman–Crippen MR) is 100.0 cm³/mol. The molecule has 3 heterocycles. The molecular formula is C19H25N5O. The van der Waals surface area contributed by atoms with E-state index in [2.05, 4.69) is 34.0 Å². The molecule has 1 saturated heterocycles. The summed E-state index contributed by atoms with van der Waals surface area (Å²) in [5, 5.41) is 3.37. The molecule has 1 aliphatic heterocycles. The summed E-state index contributed by atoms with van der Waals surface area (Å²) in [5.74, 6) is 1.01. The molecule has 0 aromatic carbocycles. The van der Waals surface area contributed by atoms with E-state index >= 15 is 0 Å². The van der Waals surface area contributed by atoms with Crippen LogP contribution in [0.2, 0.25) is 0 Å². The number of nitrogens with one attached hydrogen (secondary N) is 1. The minimum atomic E-state index is 0.0426. The van der Waals surface area contributed by atoms with E-state index < -0.39 is 0 Å². The summed E-state index contributed by atoms with van der Waals surface area (Å²) in [6.45, 7) is 7.21. The molecule has 0 radical (unpaired) electrons. The Hall–Kier alpha value is -2.63. The number of aromatic nitrogens is 2. The number of pyridine rings is 2. The van der Waals surface area contributed by atoms with Crippen molar-refractivity contribution in [3.63, 3.8) is 0 Å². The van der Waals surface area contributed by atoms with Crippen LogP contribution in [0.5, 0.6) is 0 Å². The summed E-state index contributed by atoms with van der Waals surface area (Å²) >= 11 is 0. The zero-order chi connectivity index (χ0) is 17.6. The quantitative estimate of drug-likeness (QED) is 0.907. The third kappa shape index (κ3) is 4.26. The van der Waals surface area contributed by atoms with Crippen LogP contribution in [0.4, 0.5) is 11.5 Å². The van der Waals surface area contributed by atoms with Crippen LogP contribution in [-0.2, 0) is 0 Å². The van der Waals surface area contributed by atoms with Crippen molar-refractivity contribution in [2.24, 2.45) is 0 Å². The van der Waals surface area contributed by atoms with Crippen molar-refractivity contribution in [1.29, 1.82) is 0 Å². The molecule has 6 heteroatoms. The van der Waals surface area contributed by atoms with Crippen LogP contribution < -0.4 is 10.2 Å². The van der Waals surface area contributed by atoms with Gasteiger partial charge in [-0.15, -0.1) is 0 Å². The molecule has 0 spiro atoms. The number of piperazine rings is 1. The number of amides is 1. The lowest BCUT2D eigenvalue weighted by Crippen LogP contribution is -2.49. The molecule has 0 bridgehead atoms. The highest BCUT2D eigenvalue weighted by atomic mass is 16.2. The Morgan fingerprint density at radius 3 is 2.72 bits per heavy atom. The zero-order valence-electron chi connectivity index (χ0n) is 14.9. The number of nitrogens with zero attached hydrogens (tertiary/aromatic N) is 4. The Labute approximate surface area is 148 Å². The van der Waals surface area contributed by atoms with E-state index in [9.17, 15) is 4.79 Å². The van der Waals surface area contributed by atoms with Crippen molar-refractivity contribution < 1.29 is 4.79 Å². The summed E-state index contributed by atoms with van der Waals surface area (Å²) in [6.07, 6.45) is 6.24. The van der Waals surface area contributed by atoms with E-state index in [-0.39, 0.29) is 5.91 Å². The van der Waals surface area contributed by atoms with Gasteiger partial charge in [-0.2, -0.15) is 0 Å². The fourth-order valence-corrected chi connectivity index (χ4v) is 2.88. The van der Waals surface area contributed by atoms with E-state index in [1.807, 2.05) is 29.2 Å². The first-order valence-electron chi connectivity index (χ1n) is 8.84. The van der Waals surface area contributed by atoms with Gasteiger partial charge in [0.1, 0.15) is 5.82 Å². The third-order valence-electron chi connectivity index (χ3n) is 4.55. The van der Waals surface area contributed by atoms with Crippen LogP contribution in [-0.4, -0.2) is 53.0 Å². The monoisotopic (exact) mass is 339 g/mol. The van der Waals surface area contributed by atoms with Crippen molar-refractivity contribution in [1.82, 2.24) is 14.9 Å². The molecule has 25 heavy (non-hydrogen) atoms. The van der Waals surface area contributed by atoms with E-state index in [1.165, 1.54) is 0 Å².